The number of likely N-dealkylation sites (tertiary alicyclic amines) is 1. The smallest absolute Gasteiger partial charge is 0.127 e. The second kappa shape index (κ2) is 6.23. The van der Waals surface area contributed by atoms with E-state index in [1.54, 1.807) is 12.1 Å². The van der Waals surface area contributed by atoms with Crippen molar-refractivity contribution in [2.24, 2.45) is 0 Å². The molecular formula is C17H25FN2. The highest BCUT2D eigenvalue weighted by Crippen LogP contribution is 2.30. The Bertz CT molecular complexity index is 436. The lowest BCUT2D eigenvalue weighted by molar-refractivity contribution is 0.182. The standard InChI is InChI=1S/C17H25FN2/c1-2-17(15-5-3-4-6-16(15)18)19-13-9-11-20(12-10-13)14-7-8-14/h3-6,13-14,17,19H,2,7-12H2,1H3. The topological polar surface area (TPSA) is 15.3 Å². The zero-order chi connectivity index (χ0) is 13.9. The normalized spacial score (nSPS) is 22.9. The van der Waals surface area contributed by atoms with Gasteiger partial charge in [0, 0.05) is 23.7 Å². The summed E-state index contributed by atoms with van der Waals surface area (Å²) in [7, 11) is 0. The highest BCUT2D eigenvalue weighted by atomic mass is 19.1. The van der Waals surface area contributed by atoms with Crippen molar-refractivity contribution in [2.45, 2.75) is 57.2 Å². The van der Waals surface area contributed by atoms with Gasteiger partial charge in [-0.05, 0) is 51.3 Å². The van der Waals surface area contributed by atoms with Crippen molar-refractivity contribution in [2.75, 3.05) is 13.1 Å². The van der Waals surface area contributed by atoms with Crippen LogP contribution in [-0.2, 0) is 0 Å². The van der Waals surface area contributed by atoms with Crippen molar-refractivity contribution in [1.29, 1.82) is 0 Å². The fourth-order valence-corrected chi connectivity index (χ4v) is 3.34. The van der Waals surface area contributed by atoms with Gasteiger partial charge in [-0.3, -0.25) is 0 Å². The molecule has 1 saturated carbocycles. The summed E-state index contributed by atoms with van der Waals surface area (Å²) in [5, 5.41) is 3.68. The predicted octanol–water partition coefficient (Wildman–Crippen LogP) is 3.49. The van der Waals surface area contributed by atoms with E-state index in [0.29, 0.717) is 6.04 Å². The molecule has 110 valence electrons. The minimum atomic E-state index is -0.0812. The maximum Gasteiger partial charge on any atom is 0.127 e. The molecule has 1 aromatic carbocycles. The number of hydrogen-bond acceptors (Lipinski definition) is 2. The van der Waals surface area contributed by atoms with Gasteiger partial charge in [-0.15, -0.1) is 0 Å². The Labute approximate surface area is 121 Å². The molecule has 3 heteroatoms. The number of piperidine rings is 1. The number of halogens is 1. The molecule has 0 amide bonds. The number of hydrogen-bond donors (Lipinski definition) is 1. The maximum atomic E-state index is 13.9. The van der Waals surface area contributed by atoms with Crippen LogP contribution < -0.4 is 5.32 Å². The summed E-state index contributed by atoms with van der Waals surface area (Å²) in [6.07, 6.45) is 6.11. The van der Waals surface area contributed by atoms with Crippen LogP contribution in [-0.4, -0.2) is 30.1 Å². The van der Waals surface area contributed by atoms with E-state index >= 15 is 0 Å². The summed E-state index contributed by atoms with van der Waals surface area (Å²) in [5.74, 6) is -0.0812. The van der Waals surface area contributed by atoms with Crippen LogP contribution in [0.1, 0.15) is 50.6 Å². The SMILES string of the molecule is CCC(NC1CCN(C2CC2)CC1)c1ccccc1F. The van der Waals surface area contributed by atoms with Gasteiger partial charge in [0.25, 0.3) is 0 Å². The van der Waals surface area contributed by atoms with Crippen molar-refractivity contribution in [3.8, 4) is 0 Å². The molecule has 0 bridgehead atoms. The van der Waals surface area contributed by atoms with E-state index in [9.17, 15) is 4.39 Å². The molecule has 1 aliphatic carbocycles. The molecule has 1 aliphatic heterocycles. The Morgan fingerprint density at radius 1 is 1.20 bits per heavy atom. The van der Waals surface area contributed by atoms with E-state index in [0.717, 1.165) is 18.0 Å². The van der Waals surface area contributed by atoms with Gasteiger partial charge >= 0.3 is 0 Å². The molecular weight excluding hydrogens is 251 g/mol. The van der Waals surface area contributed by atoms with Gasteiger partial charge in [0.2, 0.25) is 0 Å². The lowest BCUT2D eigenvalue weighted by Gasteiger charge is -2.34. The summed E-state index contributed by atoms with van der Waals surface area (Å²) < 4.78 is 13.9. The zero-order valence-corrected chi connectivity index (χ0v) is 12.3. The summed E-state index contributed by atoms with van der Waals surface area (Å²) in [4.78, 5) is 2.63. The van der Waals surface area contributed by atoms with Crippen LogP contribution >= 0.6 is 0 Å². The van der Waals surface area contributed by atoms with Crippen LogP contribution in [0.2, 0.25) is 0 Å². The van der Waals surface area contributed by atoms with Crippen LogP contribution in [0.3, 0.4) is 0 Å². The second-order valence-corrected chi connectivity index (χ2v) is 6.19. The van der Waals surface area contributed by atoms with Gasteiger partial charge in [-0.2, -0.15) is 0 Å². The Morgan fingerprint density at radius 3 is 2.50 bits per heavy atom. The van der Waals surface area contributed by atoms with Gasteiger partial charge in [0.15, 0.2) is 0 Å². The summed E-state index contributed by atoms with van der Waals surface area (Å²) in [6.45, 7) is 4.54. The fraction of sp³-hybridized carbons (Fsp3) is 0.647. The number of nitrogens with one attached hydrogen (secondary N) is 1. The lowest BCUT2D eigenvalue weighted by atomic mass is 9.99. The van der Waals surface area contributed by atoms with Crippen LogP contribution in [0, 0.1) is 5.82 Å². The van der Waals surface area contributed by atoms with Gasteiger partial charge < -0.3 is 10.2 Å². The van der Waals surface area contributed by atoms with E-state index in [1.807, 2.05) is 12.1 Å². The highest BCUT2D eigenvalue weighted by molar-refractivity contribution is 5.21. The Balaban J connectivity index is 1.57. The third-order valence-electron chi connectivity index (χ3n) is 4.72. The minimum Gasteiger partial charge on any atom is -0.307 e. The molecule has 1 unspecified atom stereocenters. The number of benzene rings is 1. The highest BCUT2D eigenvalue weighted by Gasteiger charge is 2.32. The van der Waals surface area contributed by atoms with E-state index in [-0.39, 0.29) is 11.9 Å². The van der Waals surface area contributed by atoms with E-state index < -0.39 is 0 Å². The third-order valence-corrected chi connectivity index (χ3v) is 4.72. The molecule has 2 fully saturated rings. The Hall–Kier alpha value is -0.930. The maximum absolute atomic E-state index is 13.9. The Morgan fingerprint density at radius 2 is 1.90 bits per heavy atom. The first kappa shape index (κ1) is 14.0. The molecule has 0 radical (unpaired) electrons. The number of rotatable bonds is 5. The van der Waals surface area contributed by atoms with Gasteiger partial charge in [-0.1, -0.05) is 25.1 Å². The van der Waals surface area contributed by atoms with Crippen molar-refractivity contribution in [3.63, 3.8) is 0 Å². The largest absolute Gasteiger partial charge is 0.307 e. The Kier molecular flexibility index (Phi) is 4.37. The first-order valence-corrected chi connectivity index (χ1v) is 8.02. The van der Waals surface area contributed by atoms with Crippen molar-refractivity contribution >= 4 is 0 Å². The molecule has 0 aromatic heterocycles. The van der Waals surface area contributed by atoms with Gasteiger partial charge in [-0.25, -0.2) is 4.39 Å². The van der Waals surface area contributed by atoms with Crippen molar-refractivity contribution in [3.05, 3.63) is 35.6 Å². The van der Waals surface area contributed by atoms with Crippen molar-refractivity contribution in [1.82, 2.24) is 10.2 Å². The van der Waals surface area contributed by atoms with Gasteiger partial charge in [0.05, 0.1) is 0 Å². The van der Waals surface area contributed by atoms with E-state index in [4.69, 9.17) is 0 Å². The minimum absolute atomic E-state index is 0.0812. The monoisotopic (exact) mass is 276 g/mol. The molecule has 3 rings (SSSR count). The molecule has 1 atom stereocenters. The quantitative estimate of drug-likeness (QED) is 0.885. The molecule has 0 spiro atoms. The first-order chi connectivity index (χ1) is 9.78. The summed E-state index contributed by atoms with van der Waals surface area (Å²) in [5.41, 5.74) is 0.819. The third kappa shape index (κ3) is 3.21. The van der Waals surface area contributed by atoms with Crippen LogP contribution in [0.15, 0.2) is 24.3 Å². The van der Waals surface area contributed by atoms with Gasteiger partial charge in [0.1, 0.15) is 5.82 Å². The summed E-state index contributed by atoms with van der Waals surface area (Å²) >= 11 is 0. The molecule has 2 nitrogen and oxygen atoms in total. The molecule has 1 saturated heterocycles. The molecule has 1 heterocycles. The van der Waals surface area contributed by atoms with Crippen molar-refractivity contribution < 1.29 is 4.39 Å². The first-order valence-electron chi connectivity index (χ1n) is 8.02. The van der Waals surface area contributed by atoms with Crippen LogP contribution in [0.25, 0.3) is 0 Å². The average molecular weight is 276 g/mol. The fourth-order valence-electron chi connectivity index (χ4n) is 3.34. The molecule has 1 N–H and O–H groups in total. The van der Waals surface area contributed by atoms with E-state index in [1.165, 1.54) is 38.8 Å². The average Bonchev–Trinajstić information content (AvgIpc) is 3.31. The molecule has 20 heavy (non-hydrogen) atoms. The lowest BCUT2D eigenvalue weighted by Crippen LogP contribution is -2.44. The van der Waals surface area contributed by atoms with Crippen LogP contribution in [0.5, 0.6) is 0 Å². The van der Waals surface area contributed by atoms with Crippen LogP contribution in [0.4, 0.5) is 4.39 Å². The predicted molar refractivity (Wildman–Crippen MR) is 80.2 cm³/mol. The zero-order valence-electron chi connectivity index (χ0n) is 12.3. The second-order valence-electron chi connectivity index (χ2n) is 6.19. The number of nitrogens with zero attached hydrogens (tertiary/aromatic N) is 1. The molecule has 1 aromatic rings. The molecule has 2 aliphatic rings. The van der Waals surface area contributed by atoms with E-state index in [2.05, 4.69) is 17.1 Å². The summed E-state index contributed by atoms with van der Waals surface area (Å²) in [6, 6.07) is 8.73.